The van der Waals surface area contributed by atoms with E-state index >= 15 is 0 Å². The minimum absolute atomic E-state index is 0.567. The van der Waals surface area contributed by atoms with E-state index in [2.05, 4.69) is 27.1 Å². The summed E-state index contributed by atoms with van der Waals surface area (Å²) in [5.74, 6) is 1.80. The third-order valence-electron chi connectivity index (χ3n) is 3.26. The predicted molar refractivity (Wildman–Crippen MR) is 70.1 cm³/mol. The number of piperidine rings is 1. The number of aryl methyl sites for hydroxylation is 1. The molecule has 1 N–H and O–H groups in total. The lowest BCUT2D eigenvalue weighted by Gasteiger charge is -2.32. The van der Waals surface area contributed by atoms with Gasteiger partial charge in [-0.15, -0.1) is 0 Å². The first-order valence-electron chi connectivity index (χ1n) is 6.56. The Balaban J connectivity index is 1.82. The van der Waals surface area contributed by atoms with Gasteiger partial charge in [-0.1, -0.05) is 6.92 Å². The normalized spacial score (nSPS) is 18.2. The van der Waals surface area contributed by atoms with Crippen LogP contribution in [-0.4, -0.2) is 40.5 Å². The summed E-state index contributed by atoms with van der Waals surface area (Å²) in [5, 5.41) is 3.51. The summed E-state index contributed by atoms with van der Waals surface area (Å²) in [6.07, 6.45) is 5.49. The number of nitrogens with zero attached hydrogens (tertiary/aromatic N) is 3. The summed E-state index contributed by atoms with van der Waals surface area (Å²) in [6.45, 7) is 7.81. The number of likely N-dealkylation sites (tertiary alicyclic amines) is 1. The maximum absolute atomic E-state index is 4.39. The molecule has 0 aliphatic carbocycles. The van der Waals surface area contributed by atoms with E-state index < -0.39 is 0 Å². The molecular weight excluding hydrogens is 212 g/mol. The van der Waals surface area contributed by atoms with Crippen LogP contribution in [0.1, 0.15) is 32.0 Å². The molecule has 0 radical (unpaired) electrons. The summed E-state index contributed by atoms with van der Waals surface area (Å²) in [6, 6.07) is 2.52. The van der Waals surface area contributed by atoms with Crippen molar-refractivity contribution in [1.29, 1.82) is 0 Å². The van der Waals surface area contributed by atoms with Crippen LogP contribution < -0.4 is 5.32 Å². The molecule has 1 saturated heterocycles. The van der Waals surface area contributed by atoms with Crippen molar-refractivity contribution in [3.63, 3.8) is 0 Å². The lowest BCUT2D eigenvalue weighted by Crippen LogP contribution is -2.39. The average Bonchev–Trinajstić information content (AvgIpc) is 2.32. The van der Waals surface area contributed by atoms with Crippen LogP contribution in [0.15, 0.2) is 12.3 Å². The van der Waals surface area contributed by atoms with E-state index in [0.29, 0.717) is 6.04 Å². The fourth-order valence-corrected chi connectivity index (χ4v) is 2.36. The van der Waals surface area contributed by atoms with Crippen LogP contribution >= 0.6 is 0 Å². The Morgan fingerprint density at radius 3 is 2.82 bits per heavy atom. The summed E-state index contributed by atoms with van der Waals surface area (Å²) in [7, 11) is 0. The Morgan fingerprint density at radius 1 is 1.41 bits per heavy atom. The van der Waals surface area contributed by atoms with Gasteiger partial charge in [0.25, 0.3) is 0 Å². The highest BCUT2D eigenvalue weighted by atomic mass is 15.1. The third kappa shape index (κ3) is 3.66. The van der Waals surface area contributed by atoms with Gasteiger partial charge in [0.15, 0.2) is 0 Å². The highest BCUT2D eigenvalue weighted by Crippen LogP contribution is 2.15. The van der Waals surface area contributed by atoms with Crippen molar-refractivity contribution in [3.05, 3.63) is 18.1 Å². The first kappa shape index (κ1) is 12.3. The Hall–Kier alpha value is -1.16. The molecule has 0 spiro atoms. The number of nitrogens with one attached hydrogen (secondary N) is 1. The zero-order chi connectivity index (χ0) is 12.1. The minimum atomic E-state index is 0.567. The molecule has 2 rings (SSSR count). The van der Waals surface area contributed by atoms with Crippen molar-refractivity contribution < 1.29 is 0 Å². The van der Waals surface area contributed by atoms with Gasteiger partial charge in [0.2, 0.25) is 0 Å². The molecule has 2 heterocycles. The Labute approximate surface area is 103 Å². The molecule has 0 aromatic carbocycles. The molecule has 0 unspecified atom stereocenters. The van der Waals surface area contributed by atoms with E-state index in [9.17, 15) is 0 Å². The molecule has 0 bridgehead atoms. The number of anilines is 1. The molecular formula is C13H22N4. The fraction of sp³-hybridized carbons (Fsp3) is 0.692. The molecule has 4 nitrogen and oxygen atoms in total. The van der Waals surface area contributed by atoms with Gasteiger partial charge in [-0.3, -0.25) is 0 Å². The molecule has 1 fully saturated rings. The van der Waals surface area contributed by atoms with Gasteiger partial charge < -0.3 is 10.2 Å². The van der Waals surface area contributed by atoms with E-state index in [-0.39, 0.29) is 0 Å². The molecule has 17 heavy (non-hydrogen) atoms. The van der Waals surface area contributed by atoms with E-state index in [1.165, 1.54) is 38.9 Å². The SMILES string of the molecule is CCCN1CCC(Nc2ccnc(C)n2)CC1. The average molecular weight is 234 g/mol. The van der Waals surface area contributed by atoms with Crippen LogP contribution in [0.5, 0.6) is 0 Å². The van der Waals surface area contributed by atoms with Gasteiger partial charge in [0.05, 0.1) is 0 Å². The van der Waals surface area contributed by atoms with Gasteiger partial charge in [-0.2, -0.15) is 0 Å². The van der Waals surface area contributed by atoms with Crippen LogP contribution in [0, 0.1) is 6.92 Å². The quantitative estimate of drug-likeness (QED) is 0.866. The van der Waals surface area contributed by atoms with Gasteiger partial charge in [0.1, 0.15) is 11.6 Å². The lowest BCUT2D eigenvalue weighted by atomic mass is 10.0. The first-order chi connectivity index (χ1) is 8.28. The number of hydrogen-bond donors (Lipinski definition) is 1. The van der Waals surface area contributed by atoms with Crippen LogP contribution in [0.4, 0.5) is 5.82 Å². The highest BCUT2D eigenvalue weighted by molar-refractivity contribution is 5.34. The van der Waals surface area contributed by atoms with E-state index in [1.807, 2.05) is 19.2 Å². The second-order valence-electron chi connectivity index (χ2n) is 4.75. The summed E-state index contributed by atoms with van der Waals surface area (Å²) in [5.41, 5.74) is 0. The molecule has 94 valence electrons. The fourth-order valence-electron chi connectivity index (χ4n) is 2.36. The second-order valence-corrected chi connectivity index (χ2v) is 4.75. The number of aromatic nitrogens is 2. The van der Waals surface area contributed by atoms with Crippen molar-refractivity contribution in [1.82, 2.24) is 14.9 Å². The molecule has 1 aromatic heterocycles. The molecule has 1 aromatic rings. The predicted octanol–water partition coefficient (Wildman–Crippen LogP) is 2.07. The molecule has 0 atom stereocenters. The molecule has 4 heteroatoms. The summed E-state index contributed by atoms with van der Waals surface area (Å²) >= 11 is 0. The Kier molecular flexibility index (Phi) is 4.31. The van der Waals surface area contributed by atoms with Gasteiger partial charge in [-0.25, -0.2) is 9.97 Å². The zero-order valence-corrected chi connectivity index (χ0v) is 10.8. The van der Waals surface area contributed by atoms with Crippen LogP contribution in [0.3, 0.4) is 0 Å². The van der Waals surface area contributed by atoms with Crippen molar-refractivity contribution >= 4 is 5.82 Å². The Morgan fingerprint density at radius 2 is 2.18 bits per heavy atom. The monoisotopic (exact) mass is 234 g/mol. The van der Waals surface area contributed by atoms with Crippen LogP contribution in [0.2, 0.25) is 0 Å². The maximum atomic E-state index is 4.39. The highest BCUT2D eigenvalue weighted by Gasteiger charge is 2.18. The number of hydrogen-bond acceptors (Lipinski definition) is 4. The maximum Gasteiger partial charge on any atom is 0.129 e. The largest absolute Gasteiger partial charge is 0.367 e. The van der Waals surface area contributed by atoms with Crippen molar-refractivity contribution in [3.8, 4) is 0 Å². The van der Waals surface area contributed by atoms with Gasteiger partial charge >= 0.3 is 0 Å². The zero-order valence-electron chi connectivity index (χ0n) is 10.8. The standard InChI is InChI=1S/C13H22N4/c1-3-8-17-9-5-12(6-10-17)16-13-4-7-14-11(2)15-13/h4,7,12H,3,5-6,8-10H2,1-2H3,(H,14,15,16). The number of rotatable bonds is 4. The van der Waals surface area contributed by atoms with Crippen molar-refractivity contribution in [2.24, 2.45) is 0 Å². The van der Waals surface area contributed by atoms with Crippen LogP contribution in [0.25, 0.3) is 0 Å². The summed E-state index contributed by atoms with van der Waals surface area (Å²) < 4.78 is 0. The van der Waals surface area contributed by atoms with Crippen molar-refractivity contribution in [2.75, 3.05) is 25.0 Å². The van der Waals surface area contributed by atoms with Crippen LogP contribution in [-0.2, 0) is 0 Å². The van der Waals surface area contributed by atoms with E-state index in [4.69, 9.17) is 0 Å². The second kappa shape index (κ2) is 5.96. The third-order valence-corrected chi connectivity index (χ3v) is 3.26. The topological polar surface area (TPSA) is 41.0 Å². The smallest absolute Gasteiger partial charge is 0.129 e. The molecule has 0 amide bonds. The lowest BCUT2D eigenvalue weighted by molar-refractivity contribution is 0.219. The molecule has 1 aliphatic rings. The molecule has 1 aliphatic heterocycles. The van der Waals surface area contributed by atoms with Gasteiger partial charge in [-0.05, 0) is 38.8 Å². The van der Waals surface area contributed by atoms with Crippen molar-refractivity contribution in [2.45, 2.75) is 39.2 Å². The van der Waals surface area contributed by atoms with E-state index in [1.54, 1.807) is 0 Å². The molecule has 0 saturated carbocycles. The summed E-state index contributed by atoms with van der Waals surface area (Å²) in [4.78, 5) is 11.0. The Bertz CT molecular complexity index is 345. The first-order valence-corrected chi connectivity index (χ1v) is 6.56. The minimum Gasteiger partial charge on any atom is -0.367 e. The van der Waals surface area contributed by atoms with Gasteiger partial charge in [0, 0.05) is 25.3 Å². The van der Waals surface area contributed by atoms with E-state index in [0.717, 1.165) is 11.6 Å².